The number of hydrogen-bond donors (Lipinski definition) is 1. The summed E-state index contributed by atoms with van der Waals surface area (Å²) in [4.78, 5) is 19.6. The fourth-order valence-electron chi connectivity index (χ4n) is 1.39. The summed E-state index contributed by atoms with van der Waals surface area (Å²) in [6, 6.07) is 3.57. The molecule has 17 heavy (non-hydrogen) atoms. The van der Waals surface area contributed by atoms with Crippen LogP contribution in [-0.4, -0.2) is 25.7 Å². The lowest BCUT2D eigenvalue weighted by molar-refractivity contribution is -0.119. The van der Waals surface area contributed by atoms with E-state index >= 15 is 0 Å². The zero-order valence-corrected chi connectivity index (χ0v) is 9.45. The molecule has 2 aromatic rings. The van der Waals surface area contributed by atoms with Crippen LogP contribution in [0.15, 0.2) is 37.2 Å². The topological polar surface area (TPSA) is 72.7 Å². The van der Waals surface area contributed by atoms with Gasteiger partial charge in [-0.25, -0.2) is 4.98 Å². The van der Waals surface area contributed by atoms with Crippen LogP contribution in [0.3, 0.4) is 0 Å². The highest BCUT2D eigenvalue weighted by Gasteiger charge is 2.13. The molecule has 88 valence electrons. The third kappa shape index (κ3) is 3.10. The number of carbonyl (C=O) groups excluding carboxylic acids is 1. The molecule has 1 amide bonds. The van der Waals surface area contributed by atoms with E-state index < -0.39 is 0 Å². The van der Waals surface area contributed by atoms with Gasteiger partial charge in [-0.3, -0.25) is 14.5 Å². The molecule has 0 bridgehead atoms. The minimum Gasteiger partial charge on any atom is -0.324 e. The van der Waals surface area contributed by atoms with Crippen LogP contribution in [0.25, 0.3) is 0 Å². The molecule has 6 nitrogen and oxygen atoms in total. The van der Waals surface area contributed by atoms with E-state index in [-0.39, 0.29) is 11.8 Å². The normalized spacial score (nSPS) is 12.1. The van der Waals surface area contributed by atoms with Crippen molar-refractivity contribution in [3.63, 3.8) is 0 Å². The molecule has 2 rings (SSSR count). The fraction of sp³-hybridized carbons (Fsp3) is 0.273. The first-order chi connectivity index (χ1) is 8.25. The highest BCUT2D eigenvalue weighted by molar-refractivity contribution is 5.92. The molecule has 0 aliphatic rings. The van der Waals surface area contributed by atoms with Crippen LogP contribution in [0.4, 0.5) is 5.69 Å². The summed E-state index contributed by atoms with van der Waals surface area (Å²) in [5.74, 6) is -0.245. The molecule has 0 fully saturated rings. The summed E-state index contributed by atoms with van der Waals surface area (Å²) in [5, 5.41) is 6.75. The van der Waals surface area contributed by atoms with Crippen molar-refractivity contribution < 1.29 is 4.79 Å². The lowest BCUT2D eigenvalue weighted by Gasteiger charge is -2.11. The molecule has 1 atom stereocenters. The van der Waals surface area contributed by atoms with E-state index in [1.807, 2.05) is 6.92 Å². The molecule has 0 aromatic carbocycles. The first kappa shape index (κ1) is 11.3. The van der Waals surface area contributed by atoms with Gasteiger partial charge < -0.3 is 5.32 Å². The molecule has 2 aromatic heterocycles. The Labute approximate surface area is 98.7 Å². The summed E-state index contributed by atoms with van der Waals surface area (Å²) >= 11 is 0. The molecule has 0 radical (unpaired) electrons. The van der Waals surface area contributed by atoms with Crippen molar-refractivity contribution >= 4 is 11.6 Å². The maximum Gasteiger partial charge on any atom is 0.229 e. The van der Waals surface area contributed by atoms with E-state index in [2.05, 4.69) is 20.4 Å². The van der Waals surface area contributed by atoms with Crippen molar-refractivity contribution in [3.8, 4) is 0 Å². The largest absolute Gasteiger partial charge is 0.324 e. The number of rotatable bonds is 4. The zero-order chi connectivity index (χ0) is 12.1. The van der Waals surface area contributed by atoms with Gasteiger partial charge >= 0.3 is 0 Å². The van der Waals surface area contributed by atoms with Crippen LogP contribution in [-0.2, 0) is 11.3 Å². The number of nitrogens with zero attached hydrogens (tertiary/aromatic N) is 4. The number of hydrogen-bond acceptors (Lipinski definition) is 4. The number of anilines is 1. The molecular weight excluding hydrogens is 218 g/mol. The van der Waals surface area contributed by atoms with Crippen molar-refractivity contribution in [1.82, 2.24) is 19.7 Å². The quantitative estimate of drug-likeness (QED) is 0.850. The second kappa shape index (κ2) is 5.20. The second-order valence-corrected chi connectivity index (χ2v) is 3.75. The van der Waals surface area contributed by atoms with Crippen LogP contribution >= 0.6 is 0 Å². The average molecular weight is 231 g/mol. The minimum atomic E-state index is -0.183. The molecule has 0 aliphatic carbocycles. The Morgan fingerprint density at radius 1 is 1.53 bits per heavy atom. The second-order valence-electron chi connectivity index (χ2n) is 3.75. The first-order valence-electron chi connectivity index (χ1n) is 5.29. The van der Waals surface area contributed by atoms with Crippen molar-refractivity contribution in [1.29, 1.82) is 0 Å². The maximum atomic E-state index is 11.8. The standard InChI is InChI=1S/C11H13N5O/c1-9(6-16-8-13-7-14-16)11(17)15-10-3-2-4-12-5-10/h2-5,7-9H,6H2,1H3,(H,15,17)/t9-/m0/s1. The van der Waals surface area contributed by atoms with Crippen LogP contribution in [0.1, 0.15) is 6.92 Å². The molecule has 6 heteroatoms. The number of pyridine rings is 1. The Morgan fingerprint density at radius 2 is 2.41 bits per heavy atom. The number of carbonyl (C=O) groups is 1. The third-order valence-corrected chi connectivity index (χ3v) is 2.30. The van der Waals surface area contributed by atoms with Gasteiger partial charge in [0.1, 0.15) is 12.7 Å². The lowest BCUT2D eigenvalue weighted by Crippen LogP contribution is -2.24. The van der Waals surface area contributed by atoms with Crippen molar-refractivity contribution in [3.05, 3.63) is 37.2 Å². The van der Waals surface area contributed by atoms with Gasteiger partial charge in [-0.1, -0.05) is 6.92 Å². The van der Waals surface area contributed by atoms with Crippen LogP contribution < -0.4 is 5.32 Å². The maximum absolute atomic E-state index is 11.8. The molecule has 0 unspecified atom stereocenters. The molecule has 2 heterocycles. The number of aromatic nitrogens is 4. The Balaban J connectivity index is 1.92. The summed E-state index contributed by atoms with van der Waals surface area (Å²) < 4.78 is 1.63. The van der Waals surface area contributed by atoms with Crippen molar-refractivity contribution in [2.75, 3.05) is 5.32 Å². The van der Waals surface area contributed by atoms with E-state index in [0.717, 1.165) is 0 Å². The van der Waals surface area contributed by atoms with Crippen molar-refractivity contribution in [2.24, 2.45) is 5.92 Å². The molecule has 0 aliphatic heterocycles. The predicted octanol–water partition coefficient (Wildman–Crippen LogP) is 0.948. The molecule has 0 spiro atoms. The summed E-state index contributed by atoms with van der Waals surface area (Å²) in [7, 11) is 0. The van der Waals surface area contributed by atoms with E-state index in [0.29, 0.717) is 12.2 Å². The Hall–Kier alpha value is -2.24. The van der Waals surface area contributed by atoms with E-state index in [1.165, 1.54) is 6.33 Å². The zero-order valence-electron chi connectivity index (χ0n) is 9.45. The van der Waals surface area contributed by atoms with Gasteiger partial charge in [-0.2, -0.15) is 5.10 Å². The first-order valence-corrected chi connectivity index (χ1v) is 5.29. The highest BCUT2D eigenvalue weighted by atomic mass is 16.1. The molecule has 0 saturated heterocycles. The molecule has 0 saturated carbocycles. The number of amides is 1. The molecule has 1 N–H and O–H groups in total. The van der Waals surface area contributed by atoms with Crippen LogP contribution in [0.2, 0.25) is 0 Å². The van der Waals surface area contributed by atoms with Gasteiger partial charge in [0.25, 0.3) is 0 Å². The van der Waals surface area contributed by atoms with Crippen molar-refractivity contribution in [2.45, 2.75) is 13.5 Å². The average Bonchev–Trinajstić information content (AvgIpc) is 2.83. The third-order valence-electron chi connectivity index (χ3n) is 2.30. The van der Waals surface area contributed by atoms with E-state index in [4.69, 9.17) is 0 Å². The van der Waals surface area contributed by atoms with Gasteiger partial charge in [0, 0.05) is 6.20 Å². The van der Waals surface area contributed by atoms with Gasteiger partial charge in [-0.15, -0.1) is 0 Å². The van der Waals surface area contributed by atoms with Gasteiger partial charge in [-0.05, 0) is 12.1 Å². The Morgan fingerprint density at radius 3 is 3.06 bits per heavy atom. The summed E-state index contributed by atoms with van der Waals surface area (Å²) in [6.07, 6.45) is 6.31. The predicted molar refractivity (Wildman–Crippen MR) is 62.1 cm³/mol. The lowest BCUT2D eigenvalue weighted by atomic mass is 10.1. The smallest absolute Gasteiger partial charge is 0.229 e. The summed E-state index contributed by atoms with van der Waals surface area (Å²) in [6.45, 7) is 2.35. The van der Waals surface area contributed by atoms with E-state index in [1.54, 1.807) is 35.5 Å². The molecular formula is C11H13N5O. The Kier molecular flexibility index (Phi) is 3.44. The summed E-state index contributed by atoms with van der Waals surface area (Å²) in [5.41, 5.74) is 0.697. The van der Waals surface area contributed by atoms with Gasteiger partial charge in [0.05, 0.1) is 24.3 Å². The van der Waals surface area contributed by atoms with Crippen LogP contribution in [0, 0.1) is 5.92 Å². The van der Waals surface area contributed by atoms with E-state index in [9.17, 15) is 4.79 Å². The number of nitrogens with one attached hydrogen (secondary N) is 1. The van der Waals surface area contributed by atoms with Gasteiger partial charge in [0.15, 0.2) is 0 Å². The van der Waals surface area contributed by atoms with Crippen LogP contribution in [0.5, 0.6) is 0 Å². The Bertz CT molecular complexity index is 468. The monoisotopic (exact) mass is 231 g/mol. The minimum absolute atomic E-state index is 0.0616. The highest BCUT2D eigenvalue weighted by Crippen LogP contribution is 2.07. The SMILES string of the molecule is C[C@@H](Cn1cncn1)C(=O)Nc1cccnc1. The van der Waals surface area contributed by atoms with Gasteiger partial charge in [0.2, 0.25) is 5.91 Å². The fourth-order valence-corrected chi connectivity index (χ4v) is 1.39.